The molecule has 0 aliphatic carbocycles. The van der Waals surface area contributed by atoms with E-state index in [2.05, 4.69) is 25.3 Å². The number of anilines is 1. The van der Waals surface area contributed by atoms with Crippen molar-refractivity contribution in [2.45, 2.75) is 32.7 Å². The first-order valence-corrected chi connectivity index (χ1v) is 7.71. The number of aromatic amines is 1. The molecule has 0 atom stereocenters. The molecule has 3 aromatic rings. The Balaban J connectivity index is 2.07. The molecule has 0 saturated carbocycles. The molecule has 0 aliphatic heterocycles. The maximum Gasteiger partial charge on any atom is 0.183 e. The lowest BCUT2D eigenvalue weighted by atomic mass is 10.0. The molecule has 0 aliphatic rings. The zero-order valence-electron chi connectivity index (χ0n) is 13.1. The summed E-state index contributed by atoms with van der Waals surface area (Å²) in [7, 11) is 0. The van der Waals surface area contributed by atoms with Gasteiger partial charge in [-0.05, 0) is 26.3 Å². The molecule has 120 valence electrons. The fourth-order valence-corrected chi connectivity index (χ4v) is 2.31. The third-order valence-corrected chi connectivity index (χ3v) is 4.03. The number of fused-ring (bicyclic) bond motifs is 1. The predicted molar refractivity (Wildman–Crippen MR) is 90.1 cm³/mol. The topological polar surface area (TPSA) is 66.5 Å². The van der Waals surface area contributed by atoms with Crippen LogP contribution in [0.4, 0.5) is 10.2 Å². The minimum atomic E-state index is -0.480. The highest BCUT2D eigenvalue weighted by Crippen LogP contribution is 2.28. The molecule has 2 N–H and O–H groups in total. The third-order valence-electron chi connectivity index (χ3n) is 3.82. The van der Waals surface area contributed by atoms with Crippen molar-refractivity contribution in [2.24, 2.45) is 0 Å². The van der Waals surface area contributed by atoms with Crippen LogP contribution >= 0.6 is 11.6 Å². The lowest BCUT2D eigenvalue weighted by Gasteiger charge is -2.25. The Morgan fingerprint density at radius 1 is 1.30 bits per heavy atom. The van der Waals surface area contributed by atoms with E-state index in [1.807, 2.05) is 20.8 Å². The standard InChI is InChI=1S/C16H17ClFN5/c1-4-16(2,3)23-15-12(18)8-21-14(22-15)11-7-20-13-10(11)5-9(17)6-19-13/h5-8H,4H2,1-3H3,(H,19,20)(H,21,22,23). The van der Waals surface area contributed by atoms with Crippen LogP contribution < -0.4 is 5.32 Å². The fourth-order valence-electron chi connectivity index (χ4n) is 2.16. The molecule has 0 spiro atoms. The van der Waals surface area contributed by atoms with Crippen molar-refractivity contribution in [1.29, 1.82) is 0 Å². The van der Waals surface area contributed by atoms with Gasteiger partial charge in [0.2, 0.25) is 0 Å². The molecule has 3 aromatic heterocycles. The lowest BCUT2D eigenvalue weighted by molar-refractivity contribution is 0.532. The van der Waals surface area contributed by atoms with E-state index in [0.29, 0.717) is 16.5 Å². The summed E-state index contributed by atoms with van der Waals surface area (Å²) in [6.45, 7) is 6.01. The van der Waals surface area contributed by atoms with E-state index in [4.69, 9.17) is 11.6 Å². The van der Waals surface area contributed by atoms with Gasteiger partial charge in [0.1, 0.15) is 5.65 Å². The summed E-state index contributed by atoms with van der Waals surface area (Å²) in [5.41, 5.74) is 1.14. The average Bonchev–Trinajstić information content (AvgIpc) is 2.92. The SMILES string of the molecule is CCC(C)(C)Nc1nc(-c2c[nH]c3ncc(Cl)cc23)ncc1F. The van der Waals surface area contributed by atoms with E-state index in [1.54, 1.807) is 18.5 Å². The summed E-state index contributed by atoms with van der Waals surface area (Å²) in [5.74, 6) is 0.119. The molecule has 3 rings (SSSR count). The minimum absolute atomic E-state index is 0.186. The van der Waals surface area contributed by atoms with Gasteiger partial charge in [0.25, 0.3) is 0 Å². The number of hydrogen-bond donors (Lipinski definition) is 2. The van der Waals surface area contributed by atoms with Crippen molar-refractivity contribution < 1.29 is 4.39 Å². The molecule has 0 saturated heterocycles. The normalized spacial score (nSPS) is 11.9. The van der Waals surface area contributed by atoms with Crippen LogP contribution in [0.2, 0.25) is 5.02 Å². The number of aromatic nitrogens is 4. The summed E-state index contributed by atoms with van der Waals surface area (Å²) in [6, 6.07) is 1.78. The Labute approximate surface area is 138 Å². The van der Waals surface area contributed by atoms with Crippen LogP contribution in [0.25, 0.3) is 22.4 Å². The average molecular weight is 334 g/mol. The molecule has 3 heterocycles. The molecule has 5 nitrogen and oxygen atoms in total. The van der Waals surface area contributed by atoms with Gasteiger partial charge in [0, 0.05) is 28.9 Å². The van der Waals surface area contributed by atoms with Gasteiger partial charge in [0.15, 0.2) is 17.5 Å². The minimum Gasteiger partial charge on any atom is -0.363 e. The van der Waals surface area contributed by atoms with Crippen molar-refractivity contribution in [3.05, 3.63) is 35.5 Å². The summed E-state index contributed by atoms with van der Waals surface area (Å²) in [6.07, 6.45) is 5.31. The van der Waals surface area contributed by atoms with Gasteiger partial charge >= 0.3 is 0 Å². The number of H-pyrrole nitrogens is 1. The molecule has 0 radical (unpaired) electrons. The second-order valence-corrected chi connectivity index (χ2v) is 6.44. The zero-order chi connectivity index (χ0) is 16.6. The van der Waals surface area contributed by atoms with Crippen LogP contribution in [-0.2, 0) is 0 Å². The Morgan fingerprint density at radius 3 is 2.83 bits per heavy atom. The second kappa shape index (κ2) is 5.77. The maximum atomic E-state index is 14.0. The molecule has 0 amide bonds. The monoisotopic (exact) mass is 333 g/mol. The largest absolute Gasteiger partial charge is 0.363 e. The van der Waals surface area contributed by atoms with Crippen LogP contribution in [0, 0.1) is 5.82 Å². The molecular weight excluding hydrogens is 317 g/mol. The highest BCUT2D eigenvalue weighted by atomic mass is 35.5. The zero-order valence-corrected chi connectivity index (χ0v) is 13.9. The predicted octanol–water partition coefficient (Wildman–Crippen LogP) is 4.41. The van der Waals surface area contributed by atoms with Gasteiger partial charge in [-0.15, -0.1) is 0 Å². The third kappa shape index (κ3) is 3.12. The number of nitrogens with zero attached hydrogens (tertiary/aromatic N) is 3. The quantitative estimate of drug-likeness (QED) is 0.742. The van der Waals surface area contributed by atoms with Gasteiger partial charge in [-0.25, -0.2) is 19.3 Å². The van der Waals surface area contributed by atoms with Crippen molar-refractivity contribution in [3.8, 4) is 11.4 Å². The smallest absolute Gasteiger partial charge is 0.183 e. The number of pyridine rings is 1. The van der Waals surface area contributed by atoms with Crippen molar-refractivity contribution >= 4 is 28.5 Å². The molecular formula is C16H17ClFN5. The van der Waals surface area contributed by atoms with Crippen LogP contribution in [0.5, 0.6) is 0 Å². The summed E-state index contributed by atoms with van der Waals surface area (Å²) >= 11 is 6.01. The van der Waals surface area contributed by atoms with Crippen LogP contribution in [0.1, 0.15) is 27.2 Å². The van der Waals surface area contributed by atoms with Crippen LogP contribution in [0.15, 0.2) is 24.7 Å². The van der Waals surface area contributed by atoms with E-state index in [1.165, 1.54) is 6.20 Å². The van der Waals surface area contributed by atoms with Crippen molar-refractivity contribution in [3.63, 3.8) is 0 Å². The Kier molecular flexibility index (Phi) is 3.93. The highest BCUT2D eigenvalue weighted by Gasteiger charge is 2.19. The molecule has 0 fully saturated rings. The Hall–Kier alpha value is -2.21. The first kappa shape index (κ1) is 15.7. The first-order valence-electron chi connectivity index (χ1n) is 7.33. The fraction of sp³-hybridized carbons (Fsp3) is 0.312. The molecule has 23 heavy (non-hydrogen) atoms. The van der Waals surface area contributed by atoms with Gasteiger partial charge in [-0.3, -0.25) is 0 Å². The number of hydrogen-bond acceptors (Lipinski definition) is 4. The van der Waals surface area contributed by atoms with E-state index < -0.39 is 5.82 Å². The summed E-state index contributed by atoms with van der Waals surface area (Å²) < 4.78 is 14.0. The molecule has 0 unspecified atom stereocenters. The van der Waals surface area contributed by atoms with Gasteiger partial charge in [-0.1, -0.05) is 18.5 Å². The molecule has 7 heteroatoms. The maximum absolute atomic E-state index is 14.0. The number of rotatable bonds is 4. The van der Waals surface area contributed by atoms with E-state index >= 15 is 0 Å². The summed E-state index contributed by atoms with van der Waals surface area (Å²) in [5, 5.41) is 4.44. The Bertz CT molecular complexity index is 859. The lowest BCUT2D eigenvalue weighted by Crippen LogP contribution is -2.30. The van der Waals surface area contributed by atoms with Gasteiger partial charge in [0.05, 0.1) is 11.2 Å². The van der Waals surface area contributed by atoms with Crippen LogP contribution in [0.3, 0.4) is 0 Å². The Morgan fingerprint density at radius 2 is 2.09 bits per heavy atom. The van der Waals surface area contributed by atoms with E-state index in [9.17, 15) is 4.39 Å². The van der Waals surface area contributed by atoms with Crippen molar-refractivity contribution in [1.82, 2.24) is 19.9 Å². The van der Waals surface area contributed by atoms with Crippen molar-refractivity contribution in [2.75, 3.05) is 5.32 Å². The first-order chi connectivity index (χ1) is 10.9. The second-order valence-electron chi connectivity index (χ2n) is 6.00. The summed E-state index contributed by atoms with van der Waals surface area (Å²) in [4.78, 5) is 15.7. The number of nitrogens with one attached hydrogen (secondary N) is 2. The van der Waals surface area contributed by atoms with Gasteiger partial charge in [-0.2, -0.15) is 0 Å². The van der Waals surface area contributed by atoms with E-state index in [-0.39, 0.29) is 11.4 Å². The molecule has 0 bridgehead atoms. The highest BCUT2D eigenvalue weighted by molar-refractivity contribution is 6.31. The number of halogens is 2. The van der Waals surface area contributed by atoms with E-state index in [0.717, 1.165) is 17.4 Å². The molecule has 0 aromatic carbocycles. The van der Waals surface area contributed by atoms with Crippen LogP contribution in [-0.4, -0.2) is 25.5 Å². The van der Waals surface area contributed by atoms with Gasteiger partial charge < -0.3 is 10.3 Å².